The van der Waals surface area contributed by atoms with Crippen molar-refractivity contribution in [2.45, 2.75) is 25.2 Å². The zero-order valence-electron chi connectivity index (χ0n) is 9.16. The standard InChI is InChI=1S/C11H15NO2S2/c1-7(13)5-12-11(14)10-4-8-6-15-3-2-9(8)16-10/h4,7,13H,2-3,5-6H2,1H3,(H,12,14). The second-order valence-corrected chi connectivity index (χ2v) is 6.16. The molecule has 1 aliphatic rings. The molecule has 0 aliphatic carbocycles. The van der Waals surface area contributed by atoms with Gasteiger partial charge in [-0.25, -0.2) is 0 Å². The van der Waals surface area contributed by atoms with Crippen LogP contribution < -0.4 is 5.32 Å². The van der Waals surface area contributed by atoms with Gasteiger partial charge in [-0.15, -0.1) is 11.3 Å². The van der Waals surface area contributed by atoms with E-state index in [1.54, 1.807) is 18.3 Å². The number of rotatable bonds is 3. The van der Waals surface area contributed by atoms with Crippen LogP contribution in [0, 0.1) is 0 Å². The fourth-order valence-corrected chi connectivity index (χ4v) is 3.88. The van der Waals surface area contributed by atoms with Crippen LogP contribution in [0.25, 0.3) is 0 Å². The fourth-order valence-electron chi connectivity index (χ4n) is 1.59. The molecule has 1 atom stereocenters. The predicted molar refractivity (Wildman–Crippen MR) is 68.2 cm³/mol. The van der Waals surface area contributed by atoms with Gasteiger partial charge in [0, 0.05) is 17.2 Å². The third-order valence-electron chi connectivity index (χ3n) is 2.41. The fraction of sp³-hybridized carbons (Fsp3) is 0.545. The van der Waals surface area contributed by atoms with Crippen molar-refractivity contribution in [1.82, 2.24) is 5.32 Å². The normalized spacial score (nSPS) is 16.6. The molecule has 1 amide bonds. The van der Waals surface area contributed by atoms with Gasteiger partial charge in [0.1, 0.15) is 0 Å². The summed E-state index contributed by atoms with van der Waals surface area (Å²) < 4.78 is 0. The van der Waals surface area contributed by atoms with Crippen molar-refractivity contribution in [2.24, 2.45) is 0 Å². The van der Waals surface area contributed by atoms with Gasteiger partial charge in [0.15, 0.2) is 0 Å². The molecule has 0 saturated heterocycles. The van der Waals surface area contributed by atoms with Gasteiger partial charge in [0.2, 0.25) is 0 Å². The summed E-state index contributed by atoms with van der Waals surface area (Å²) in [7, 11) is 0. The summed E-state index contributed by atoms with van der Waals surface area (Å²) in [5.41, 5.74) is 1.31. The maximum Gasteiger partial charge on any atom is 0.261 e. The van der Waals surface area contributed by atoms with Crippen LogP contribution in [0.1, 0.15) is 27.0 Å². The molecule has 5 heteroatoms. The highest BCUT2D eigenvalue weighted by Gasteiger charge is 2.17. The van der Waals surface area contributed by atoms with E-state index in [0.717, 1.165) is 22.8 Å². The van der Waals surface area contributed by atoms with Crippen molar-refractivity contribution in [3.63, 3.8) is 0 Å². The van der Waals surface area contributed by atoms with Gasteiger partial charge in [0.25, 0.3) is 5.91 Å². The van der Waals surface area contributed by atoms with E-state index in [1.165, 1.54) is 10.4 Å². The molecule has 3 nitrogen and oxygen atoms in total. The first-order valence-corrected chi connectivity index (χ1v) is 7.29. The third kappa shape index (κ3) is 2.78. The largest absolute Gasteiger partial charge is 0.392 e. The van der Waals surface area contributed by atoms with E-state index in [2.05, 4.69) is 5.32 Å². The van der Waals surface area contributed by atoms with E-state index in [9.17, 15) is 4.79 Å². The van der Waals surface area contributed by atoms with Gasteiger partial charge < -0.3 is 10.4 Å². The minimum atomic E-state index is -0.492. The number of aliphatic hydroxyl groups excluding tert-OH is 1. The Bertz CT molecular complexity index is 364. The number of thiophene rings is 1. The lowest BCUT2D eigenvalue weighted by molar-refractivity contribution is 0.0928. The monoisotopic (exact) mass is 257 g/mol. The zero-order chi connectivity index (χ0) is 11.5. The number of fused-ring (bicyclic) bond motifs is 1. The summed E-state index contributed by atoms with van der Waals surface area (Å²) in [6.45, 7) is 1.98. The van der Waals surface area contributed by atoms with Gasteiger partial charge in [-0.3, -0.25) is 4.79 Å². The molecule has 1 aromatic heterocycles. The van der Waals surface area contributed by atoms with Gasteiger partial charge in [-0.05, 0) is 30.7 Å². The smallest absolute Gasteiger partial charge is 0.261 e. The average molecular weight is 257 g/mol. The third-order valence-corrected chi connectivity index (χ3v) is 4.65. The first-order valence-electron chi connectivity index (χ1n) is 5.32. The maximum absolute atomic E-state index is 11.7. The van der Waals surface area contributed by atoms with Crippen LogP contribution in [0.15, 0.2) is 6.07 Å². The summed E-state index contributed by atoms with van der Waals surface area (Å²) in [6.07, 6.45) is 0.586. The molecule has 1 aromatic rings. The van der Waals surface area contributed by atoms with E-state index in [-0.39, 0.29) is 5.91 Å². The van der Waals surface area contributed by atoms with E-state index < -0.39 is 6.10 Å². The van der Waals surface area contributed by atoms with Crippen molar-refractivity contribution >= 4 is 29.0 Å². The van der Waals surface area contributed by atoms with E-state index >= 15 is 0 Å². The number of thioether (sulfide) groups is 1. The summed E-state index contributed by atoms with van der Waals surface area (Å²) in [4.78, 5) is 13.9. The molecule has 1 unspecified atom stereocenters. The summed E-state index contributed by atoms with van der Waals surface area (Å²) in [5.74, 6) is 2.11. The van der Waals surface area contributed by atoms with Gasteiger partial charge in [0.05, 0.1) is 11.0 Å². The quantitative estimate of drug-likeness (QED) is 0.865. The Balaban J connectivity index is 2.03. The zero-order valence-corrected chi connectivity index (χ0v) is 10.8. The Morgan fingerprint density at radius 1 is 1.69 bits per heavy atom. The first-order chi connectivity index (χ1) is 7.66. The predicted octanol–water partition coefficient (Wildman–Crippen LogP) is 1.65. The van der Waals surface area contributed by atoms with Crippen LogP contribution in [0.3, 0.4) is 0 Å². The molecule has 2 heterocycles. The Morgan fingerprint density at radius 3 is 3.19 bits per heavy atom. The lowest BCUT2D eigenvalue weighted by Crippen LogP contribution is -2.29. The number of hydrogen-bond acceptors (Lipinski definition) is 4. The topological polar surface area (TPSA) is 49.3 Å². The number of aliphatic hydroxyl groups is 1. The SMILES string of the molecule is CC(O)CNC(=O)c1cc2c(s1)CCSC2. The Hall–Kier alpha value is -0.520. The van der Waals surface area contributed by atoms with Crippen LogP contribution in [0.5, 0.6) is 0 Å². The highest BCUT2D eigenvalue weighted by Crippen LogP contribution is 2.31. The lowest BCUT2D eigenvalue weighted by atomic mass is 10.2. The first kappa shape index (κ1) is 12.0. The van der Waals surface area contributed by atoms with Crippen molar-refractivity contribution in [1.29, 1.82) is 0 Å². The number of aryl methyl sites for hydroxylation is 1. The number of nitrogens with one attached hydrogen (secondary N) is 1. The molecule has 2 N–H and O–H groups in total. The highest BCUT2D eigenvalue weighted by molar-refractivity contribution is 7.98. The molecule has 0 fully saturated rings. The Morgan fingerprint density at radius 2 is 2.50 bits per heavy atom. The van der Waals surface area contributed by atoms with Crippen molar-refractivity contribution in [3.8, 4) is 0 Å². The van der Waals surface area contributed by atoms with Crippen LogP contribution in [0.2, 0.25) is 0 Å². The molecule has 0 bridgehead atoms. The molecule has 2 rings (SSSR count). The molecule has 0 spiro atoms. The second-order valence-electron chi connectivity index (χ2n) is 3.92. The van der Waals surface area contributed by atoms with E-state index in [4.69, 9.17) is 5.11 Å². The van der Waals surface area contributed by atoms with E-state index in [0.29, 0.717) is 6.54 Å². The van der Waals surface area contributed by atoms with Crippen LogP contribution in [-0.2, 0) is 12.2 Å². The molecule has 88 valence electrons. The summed E-state index contributed by atoms with van der Waals surface area (Å²) in [5, 5.41) is 11.8. The van der Waals surface area contributed by atoms with Crippen LogP contribution in [0.4, 0.5) is 0 Å². The molecule has 16 heavy (non-hydrogen) atoms. The number of amides is 1. The Labute approximate surface area is 103 Å². The van der Waals surface area contributed by atoms with Crippen LogP contribution >= 0.6 is 23.1 Å². The van der Waals surface area contributed by atoms with Gasteiger partial charge in [-0.2, -0.15) is 11.8 Å². The van der Waals surface area contributed by atoms with E-state index in [1.807, 2.05) is 17.8 Å². The van der Waals surface area contributed by atoms with Crippen LogP contribution in [-0.4, -0.2) is 29.4 Å². The molecule has 0 saturated carbocycles. The highest BCUT2D eigenvalue weighted by atomic mass is 32.2. The van der Waals surface area contributed by atoms with Gasteiger partial charge >= 0.3 is 0 Å². The minimum Gasteiger partial charge on any atom is -0.392 e. The maximum atomic E-state index is 11.7. The molecule has 0 radical (unpaired) electrons. The van der Waals surface area contributed by atoms with Crippen molar-refractivity contribution < 1.29 is 9.90 Å². The molecular formula is C11H15NO2S2. The summed E-state index contributed by atoms with van der Waals surface area (Å²) in [6, 6.07) is 1.99. The van der Waals surface area contributed by atoms with Crippen molar-refractivity contribution in [2.75, 3.05) is 12.3 Å². The molecule has 0 aromatic carbocycles. The minimum absolute atomic E-state index is 0.0645. The number of carbonyl (C=O) groups excluding carboxylic acids is 1. The lowest BCUT2D eigenvalue weighted by Gasteiger charge is -2.08. The van der Waals surface area contributed by atoms with Crippen molar-refractivity contribution in [3.05, 3.63) is 21.4 Å². The average Bonchev–Trinajstić information content (AvgIpc) is 2.69. The van der Waals surface area contributed by atoms with Gasteiger partial charge in [-0.1, -0.05) is 0 Å². The number of carbonyl (C=O) groups is 1. The Kier molecular flexibility index (Phi) is 3.89. The molecule has 1 aliphatic heterocycles. The second kappa shape index (κ2) is 5.21. The number of hydrogen-bond donors (Lipinski definition) is 2. The molecular weight excluding hydrogens is 242 g/mol. The summed E-state index contributed by atoms with van der Waals surface area (Å²) >= 11 is 3.50.